The molecule has 0 bridgehead atoms. The monoisotopic (exact) mass is 415 g/mol. The number of pyridine rings is 1. The Morgan fingerprint density at radius 1 is 1.23 bits per heavy atom. The maximum Gasteiger partial charge on any atom is 0.194 e. The van der Waals surface area contributed by atoms with Gasteiger partial charge < -0.3 is 15.1 Å². The Hall–Kier alpha value is -1.05. The van der Waals surface area contributed by atoms with Crippen molar-refractivity contribution in [2.45, 2.75) is 26.3 Å². The van der Waals surface area contributed by atoms with E-state index in [1.54, 1.807) is 0 Å². The molecule has 22 heavy (non-hydrogen) atoms. The lowest BCUT2D eigenvalue weighted by Crippen LogP contribution is -2.35. The zero-order valence-corrected chi connectivity index (χ0v) is 15.8. The number of aromatic nitrogens is 1. The maximum atomic E-state index is 4.62. The molecule has 3 heterocycles. The lowest BCUT2D eigenvalue weighted by atomic mass is 9.99. The van der Waals surface area contributed by atoms with Crippen LogP contribution in [-0.4, -0.2) is 49.1 Å². The summed E-state index contributed by atoms with van der Waals surface area (Å²) < 4.78 is 0. The molecule has 122 valence electrons. The van der Waals surface area contributed by atoms with Crippen molar-refractivity contribution >= 4 is 35.8 Å². The molecule has 1 aromatic rings. The van der Waals surface area contributed by atoms with Gasteiger partial charge in [-0.2, -0.15) is 0 Å². The number of nitrogens with one attached hydrogen (secondary N) is 1. The molecule has 3 rings (SSSR count). The van der Waals surface area contributed by atoms with E-state index in [4.69, 9.17) is 0 Å². The average Bonchev–Trinajstić information content (AvgIpc) is 2.92. The predicted molar refractivity (Wildman–Crippen MR) is 102 cm³/mol. The summed E-state index contributed by atoms with van der Waals surface area (Å²) in [4.78, 5) is 13.6. The van der Waals surface area contributed by atoms with Crippen LogP contribution in [0.1, 0.15) is 25.3 Å². The molecule has 0 amide bonds. The van der Waals surface area contributed by atoms with E-state index in [9.17, 15) is 0 Å². The largest absolute Gasteiger partial charge is 0.357 e. The third kappa shape index (κ3) is 4.24. The summed E-state index contributed by atoms with van der Waals surface area (Å²) in [6.07, 6.45) is 4.53. The molecule has 6 heteroatoms. The number of hydrogen-bond donors (Lipinski definition) is 1. The van der Waals surface area contributed by atoms with Gasteiger partial charge in [0.15, 0.2) is 5.96 Å². The molecular formula is C16H26IN5. The van der Waals surface area contributed by atoms with Gasteiger partial charge in [-0.3, -0.25) is 4.99 Å². The summed E-state index contributed by atoms with van der Waals surface area (Å²) in [7, 11) is 2.07. The average molecular weight is 415 g/mol. The molecule has 0 aromatic carbocycles. The topological polar surface area (TPSA) is 43.8 Å². The molecule has 5 nitrogen and oxygen atoms in total. The zero-order chi connectivity index (χ0) is 14.7. The fourth-order valence-electron chi connectivity index (χ4n) is 2.85. The van der Waals surface area contributed by atoms with E-state index in [1.807, 2.05) is 6.20 Å². The minimum absolute atomic E-state index is 0. The van der Waals surface area contributed by atoms with Crippen LogP contribution in [0, 0.1) is 5.92 Å². The molecule has 0 radical (unpaired) electrons. The van der Waals surface area contributed by atoms with Crippen molar-refractivity contribution in [2.24, 2.45) is 10.9 Å². The number of hydrogen-bond acceptors (Lipinski definition) is 5. The minimum atomic E-state index is 0. The molecule has 2 aliphatic rings. The quantitative estimate of drug-likeness (QED) is 0.770. The lowest BCUT2D eigenvalue weighted by Gasteiger charge is -2.31. The van der Waals surface area contributed by atoms with Crippen molar-refractivity contribution in [3.05, 3.63) is 23.9 Å². The van der Waals surface area contributed by atoms with E-state index in [-0.39, 0.29) is 24.0 Å². The van der Waals surface area contributed by atoms with Gasteiger partial charge in [0.2, 0.25) is 0 Å². The Bertz CT molecular complexity index is 494. The van der Waals surface area contributed by atoms with Gasteiger partial charge in [0.05, 0.1) is 6.54 Å². The maximum absolute atomic E-state index is 4.62. The van der Waals surface area contributed by atoms with Crippen LogP contribution in [0.15, 0.2) is 23.3 Å². The molecule has 1 fully saturated rings. The smallest absolute Gasteiger partial charge is 0.194 e. The van der Waals surface area contributed by atoms with Crippen molar-refractivity contribution in [1.29, 1.82) is 0 Å². The van der Waals surface area contributed by atoms with Gasteiger partial charge in [-0.1, -0.05) is 13.0 Å². The summed E-state index contributed by atoms with van der Waals surface area (Å²) in [5.74, 6) is 2.96. The predicted octanol–water partition coefficient (Wildman–Crippen LogP) is 2.33. The molecule has 0 saturated carbocycles. The first-order valence-corrected chi connectivity index (χ1v) is 7.92. The van der Waals surface area contributed by atoms with Gasteiger partial charge >= 0.3 is 0 Å². The number of anilines is 1. The van der Waals surface area contributed by atoms with Crippen molar-refractivity contribution in [1.82, 2.24) is 15.2 Å². The second-order valence-electron chi connectivity index (χ2n) is 6.17. The summed E-state index contributed by atoms with van der Waals surface area (Å²) >= 11 is 0. The van der Waals surface area contributed by atoms with E-state index in [2.05, 4.69) is 51.2 Å². The van der Waals surface area contributed by atoms with Crippen molar-refractivity contribution in [2.75, 3.05) is 38.1 Å². The summed E-state index contributed by atoms with van der Waals surface area (Å²) in [6, 6.07) is 4.32. The van der Waals surface area contributed by atoms with E-state index >= 15 is 0 Å². The Balaban J connectivity index is 0.00000176. The molecule has 0 spiro atoms. The second kappa shape index (κ2) is 7.99. The first-order chi connectivity index (χ1) is 10.2. The van der Waals surface area contributed by atoms with E-state index in [1.165, 1.54) is 18.4 Å². The number of nitrogens with zero attached hydrogens (tertiary/aromatic N) is 4. The van der Waals surface area contributed by atoms with E-state index in [0.717, 1.165) is 50.4 Å². The van der Waals surface area contributed by atoms with Gasteiger partial charge in [-0.25, -0.2) is 4.98 Å². The fourth-order valence-corrected chi connectivity index (χ4v) is 2.85. The van der Waals surface area contributed by atoms with E-state index < -0.39 is 0 Å². The lowest BCUT2D eigenvalue weighted by molar-refractivity contribution is 0.436. The molecule has 1 saturated heterocycles. The molecule has 0 atom stereocenters. The Labute approximate surface area is 150 Å². The van der Waals surface area contributed by atoms with Crippen molar-refractivity contribution < 1.29 is 0 Å². The number of guanidine groups is 1. The molecule has 1 aromatic heterocycles. The highest BCUT2D eigenvalue weighted by Gasteiger charge is 2.17. The highest BCUT2D eigenvalue weighted by molar-refractivity contribution is 14.0. The van der Waals surface area contributed by atoms with Crippen LogP contribution in [0.5, 0.6) is 0 Å². The van der Waals surface area contributed by atoms with Crippen LogP contribution < -0.4 is 10.2 Å². The second-order valence-corrected chi connectivity index (χ2v) is 6.17. The van der Waals surface area contributed by atoms with Crippen molar-refractivity contribution in [3.63, 3.8) is 0 Å². The number of aliphatic imine (C=N–C) groups is 1. The Kier molecular flexibility index (Phi) is 6.28. The van der Waals surface area contributed by atoms with Crippen LogP contribution in [0.2, 0.25) is 0 Å². The van der Waals surface area contributed by atoms with Crippen LogP contribution in [0.25, 0.3) is 0 Å². The highest BCUT2D eigenvalue weighted by Crippen LogP contribution is 2.21. The van der Waals surface area contributed by atoms with Gasteiger partial charge in [0.1, 0.15) is 5.82 Å². The standard InChI is InChI=1S/C16H25N5.HI/c1-13-5-8-21(9-6-13)15-4-3-14(11-18-15)12-19-16-17-7-10-20(16)2;/h3-4,11,13H,5-10,12H2,1-2H3,(H,17,19);1H. The molecule has 2 aliphatic heterocycles. The molecule has 0 aliphatic carbocycles. The van der Waals surface area contributed by atoms with Gasteiger partial charge in [-0.15, -0.1) is 24.0 Å². The number of halogens is 1. The van der Waals surface area contributed by atoms with Gasteiger partial charge in [0, 0.05) is 39.4 Å². The molecule has 1 N–H and O–H groups in total. The minimum Gasteiger partial charge on any atom is -0.357 e. The van der Waals surface area contributed by atoms with Crippen LogP contribution in [0.3, 0.4) is 0 Å². The third-order valence-electron chi connectivity index (χ3n) is 4.43. The van der Waals surface area contributed by atoms with Gasteiger partial charge in [0.25, 0.3) is 0 Å². The zero-order valence-electron chi connectivity index (χ0n) is 13.5. The molecular weight excluding hydrogens is 389 g/mol. The number of rotatable bonds is 3. The SMILES string of the molecule is CC1CCN(c2ccc(CNC3=NCCN3C)cn2)CC1.I. The van der Waals surface area contributed by atoms with Crippen LogP contribution in [-0.2, 0) is 6.54 Å². The normalized spacial score (nSPS) is 18.9. The van der Waals surface area contributed by atoms with Crippen LogP contribution >= 0.6 is 24.0 Å². The van der Waals surface area contributed by atoms with Crippen LogP contribution in [0.4, 0.5) is 5.82 Å². The Morgan fingerprint density at radius 2 is 2.00 bits per heavy atom. The number of piperidine rings is 1. The van der Waals surface area contributed by atoms with E-state index in [0.29, 0.717) is 0 Å². The Morgan fingerprint density at radius 3 is 2.59 bits per heavy atom. The highest BCUT2D eigenvalue weighted by atomic mass is 127. The van der Waals surface area contributed by atoms with Gasteiger partial charge in [-0.05, 0) is 30.4 Å². The first kappa shape index (κ1) is 17.3. The summed E-state index contributed by atoms with van der Waals surface area (Å²) in [5.41, 5.74) is 1.20. The fraction of sp³-hybridized carbons (Fsp3) is 0.625. The first-order valence-electron chi connectivity index (χ1n) is 7.92. The summed E-state index contributed by atoms with van der Waals surface area (Å²) in [5, 5.41) is 3.37. The molecule has 0 unspecified atom stereocenters. The number of likely N-dealkylation sites (N-methyl/N-ethyl adjacent to an activating group) is 1. The van der Waals surface area contributed by atoms with Crippen molar-refractivity contribution in [3.8, 4) is 0 Å². The third-order valence-corrected chi connectivity index (χ3v) is 4.43. The summed E-state index contributed by atoms with van der Waals surface area (Å²) in [6.45, 7) is 7.28.